The summed E-state index contributed by atoms with van der Waals surface area (Å²) in [4.78, 5) is 4.36. The number of hydrogen-bond donors (Lipinski definition) is 0. The zero-order valence-electron chi connectivity index (χ0n) is 9.43. The van der Waals surface area contributed by atoms with Gasteiger partial charge in [0.05, 0.1) is 12.8 Å². The monoisotopic (exact) mass is 245 g/mol. The molecule has 86 valence electrons. The van der Waals surface area contributed by atoms with E-state index in [4.69, 9.17) is 16.3 Å². The second kappa shape index (κ2) is 5.51. The van der Waals surface area contributed by atoms with E-state index >= 15 is 0 Å². The predicted molar refractivity (Wildman–Crippen MR) is 71.7 cm³/mol. The molecule has 0 aliphatic heterocycles. The molecule has 2 nitrogen and oxygen atoms in total. The van der Waals surface area contributed by atoms with Gasteiger partial charge in [-0.25, -0.2) is 0 Å². The largest absolute Gasteiger partial charge is 0.497 e. The summed E-state index contributed by atoms with van der Waals surface area (Å²) in [5.74, 6) is 0.829. The maximum atomic E-state index is 5.80. The molecule has 0 aromatic heterocycles. The van der Waals surface area contributed by atoms with Crippen LogP contribution in [0.15, 0.2) is 53.5 Å². The lowest BCUT2D eigenvalue weighted by molar-refractivity contribution is 0.415. The molecule has 0 aliphatic carbocycles. The number of rotatable bonds is 3. The summed E-state index contributed by atoms with van der Waals surface area (Å²) in [7, 11) is 1.64. The first-order valence-electron chi connectivity index (χ1n) is 5.21. The Hall–Kier alpha value is -1.80. The van der Waals surface area contributed by atoms with Gasteiger partial charge in [-0.05, 0) is 42.0 Å². The van der Waals surface area contributed by atoms with E-state index in [1.54, 1.807) is 13.3 Å². The summed E-state index contributed by atoms with van der Waals surface area (Å²) >= 11 is 5.80. The van der Waals surface area contributed by atoms with E-state index in [9.17, 15) is 0 Å². The van der Waals surface area contributed by atoms with E-state index in [1.165, 1.54) is 0 Å². The molecule has 0 saturated heterocycles. The van der Waals surface area contributed by atoms with Crippen molar-refractivity contribution in [1.29, 1.82) is 0 Å². The van der Waals surface area contributed by atoms with Crippen molar-refractivity contribution in [3.63, 3.8) is 0 Å². The molecular formula is C14H12ClNO. The second-order valence-electron chi connectivity index (χ2n) is 3.51. The maximum absolute atomic E-state index is 5.80. The van der Waals surface area contributed by atoms with Crippen LogP contribution in [0.5, 0.6) is 5.75 Å². The molecule has 0 aliphatic rings. The van der Waals surface area contributed by atoms with E-state index in [0.29, 0.717) is 0 Å². The summed E-state index contributed by atoms with van der Waals surface area (Å²) < 4.78 is 5.08. The molecule has 0 atom stereocenters. The van der Waals surface area contributed by atoms with Gasteiger partial charge in [-0.3, -0.25) is 4.99 Å². The lowest BCUT2D eigenvalue weighted by Gasteiger charge is -1.99. The summed E-state index contributed by atoms with van der Waals surface area (Å²) in [5, 5.41) is 0.728. The van der Waals surface area contributed by atoms with Gasteiger partial charge < -0.3 is 4.74 Å². The minimum atomic E-state index is 0.728. The van der Waals surface area contributed by atoms with E-state index in [-0.39, 0.29) is 0 Å². The summed E-state index contributed by atoms with van der Waals surface area (Å²) in [6, 6.07) is 15.1. The fourth-order valence-corrected chi connectivity index (χ4v) is 1.49. The van der Waals surface area contributed by atoms with Crippen molar-refractivity contribution in [2.45, 2.75) is 0 Å². The molecule has 0 heterocycles. The molecule has 0 radical (unpaired) electrons. The standard InChI is InChI=1S/C14H12ClNO/c1-17-14-8-6-13(7-9-14)16-10-11-2-4-12(15)5-3-11/h2-10H,1H3. The minimum Gasteiger partial charge on any atom is -0.497 e. The van der Waals surface area contributed by atoms with Crippen LogP contribution in [0, 0.1) is 0 Å². The summed E-state index contributed by atoms with van der Waals surface area (Å²) in [5.41, 5.74) is 1.91. The Kier molecular flexibility index (Phi) is 3.78. The molecule has 0 amide bonds. The van der Waals surface area contributed by atoms with E-state index in [0.717, 1.165) is 22.0 Å². The molecular weight excluding hydrogens is 234 g/mol. The Bertz CT molecular complexity index is 503. The van der Waals surface area contributed by atoms with Gasteiger partial charge in [0.15, 0.2) is 0 Å². The molecule has 2 aromatic rings. The van der Waals surface area contributed by atoms with Crippen molar-refractivity contribution in [1.82, 2.24) is 0 Å². The number of nitrogens with zero attached hydrogens (tertiary/aromatic N) is 1. The van der Waals surface area contributed by atoms with Gasteiger partial charge in [-0.2, -0.15) is 0 Å². The van der Waals surface area contributed by atoms with Crippen LogP contribution in [-0.2, 0) is 0 Å². The quantitative estimate of drug-likeness (QED) is 0.746. The molecule has 17 heavy (non-hydrogen) atoms. The zero-order valence-corrected chi connectivity index (χ0v) is 10.2. The number of aliphatic imine (C=N–C) groups is 1. The Morgan fingerprint density at radius 3 is 2.24 bits per heavy atom. The van der Waals surface area contributed by atoms with Gasteiger partial charge in [0.1, 0.15) is 5.75 Å². The molecule has 0 spiro atoms. The number of hydrogen-bond acceptors (Lipinski definition) is 2. The van der Waals surface area contributed by atoms with E-state index in [2.05, 4.69) is 4.99 Å². The van der Waals surface area contributed by atoms with Crippen LogP contribution in [-0.4, -0.2) is 13.3 Å². The maximum Gasteiger partial charge on any atom is 0.119 e. The van der Waals surface area contributed by atoms with Crippen molar-refractivity contribution < 1.29 is 4.74 Å². The third-order valence-corrected chi connectivity index (χ3v) is 2.56. The third kappa shape index (κ3) is 3.33. The first-order chi connectivity index (χ1) is 8.28. The Balaban J connectivity index is 2.11. The van der Waals surface area contributed by atoms with Gasteiger partial charge in [0.25, 0.3) is 0 Å². The van der Waals surface area contributed by atoms with Crippen LogP contribution in [0.4, 0.5) is 5.69 Å². The van der Waals surface area contributed by atoms with Crippen molar-refractivity contribution >= 4 is 23.5 Å². The highest BCUT2D eigenvalue weighted by atomic mass is 35.5. The average molecular weight is 246 g/mol. The van der Waals surface area contributed by atoms with Crippen LogP contribution in [0.3, 0.4) is 0 Å². The number of benzene rings is 2. The van der Waals surface area contributed by atoms with Crippen LogP contribution in [0.25, 0.3) is 0 Å². The fraction of sp³-hybridized carbons (Fsp3) is 0.0714. The second-order valence-corrected chi connectivity index (χ2v) is 3.94. The van der Waals surface area contributed by atoms with Crippen molar-refractivity contribution in [2.24, 2.45) is 4.99 Å². The smallest absolute Gasteiger partial charge is 0.119 e. The molecule has 0 N–H and O–H groups in total. The molecule has 3 heteroatoms. The van der Waals surface area contributed by atoms with Crippen molar-refractivity contribution in [3.8, 4) is 5.75 Å². The lowest BCUT2D eigenvalue weighted by atomic mass is 10.2. The predicted octanol–water partition coefficient (Wildman–Crippen LogP) is 4.10. The van der Waals surface area contributed by atoms with Gasteiger partial charge in [0.2, 0.25) is 0 Å². The average Bonchev–Trinajstić information content (AvgIpc) is 2.39. The van der Waals surface area contributed by atoms with E-state index in [1.807, 2.05) is 48.5 Å². The molecule has 0 saturated carbocycles. The van der Waals surface area contributed by atoms with Crippen molar-refractivity contribution in [2.75, 3.05) is 7.11 Å². The lowest BCUT2D eigenvalue weighted by Crippen LogP contribution is -1.81. The molecule has 0 fully saturated rings. The summed E-state index contributed by atoms with van der Waals surface area (Å²) in [6.45, 7) is 0. The van der Waals surface area contributed by atoms with Gasteiger partial charge in [-0.1, -0.05) is 23.7 Å². The van der Waals surface area contributed by atoms with Crippen LogP contribution in [0.1, 0.15) is 5.56 Å². The Labute approximate surface area is 106 Å². The van der Waals surface area contributed by atoms with Crippen LogP contribution < -0.4 is 4.74 Å². The third-order valence-electron chi connectivity index (χ3n) is 2.31. The Morgan fingerprint density at radius 2 is 1.65 bits per heavy atom. The highest BCUT2D eigenvalue weighted by molar-refractivity contribution is 6.30. The minimum absolute atomic E-state index is 0.728. The number of halogens is 1. The Morgan fingerprint density at radius 1 is 1.00 bits per heavy atom. The molecule has 0 bridgehead atoms. The highest BCUT2D eigenvalue weighted by Crippen LogP contribution is 2.17. The van der Waals surface area contributed by atoms with Crippen LogP contribution in [0.2, 0.25) is 5.02 Å². The highest BCUT2D eigenvalue weighted by Gasteiger charge is 1.92. The first-order valence-corrected chi connectivity index (χ1v) is 5.59. The normalized spacial score (nSPS) is 10.7. The SMILES string of the molecule is COc1ccc(N=Cc2ccc(Cl)cc2)cc1. The topological polar surface area (TPSA) is 21.6 Å². The van der Waals surface area contributed by atoms with E-state index < -0.39 is 0 Å². The summed E-state index contributed by atoms with van der Waals surface area (Å²) in [6.07, 6.45) is 1.80. The molecule has 0 unspecified atom stereocenters. The molecule has 2 aromatic carbocycles. The van der Waals surface area contributed by atoms with Gasteiger partial charge in [0, 0.05) is 11.2 Å². The number of methoxy groups -OCH3 is 1. The zero-order chi connectivity index (χ0) is 12.1. The van der Waals surface area contributed by atoms with Crippen molar-refractivity contribution in [3.05, 3.63) is 59.1 Å². The first kappa shape index (κ1) is 11.7. The molecule has 2 rings (SSSR count). The van der Waals surface area contributed by atoms with Crippen LogP contribution >= 0.6 is 11.6 Å². The van der Waals surface area contributed by atoms with Gasteiger partial charge >= 0.3 is 0 Å². The number of ether oxygens (including phenoxy) is 1. The van der Waals surface area contributed by atoms with Gasteiger partial charge in [-0.15, -0.1) is 0 Å². The fourth-order valence-electron chi connectivity index (χ4n) is 1.37.